The van der Waals surface area contributed by atoms with Gasteiger partial charge in [0.1, 0.15) is 17.2 Å². The van der Waals surface area contributed by atoms with Crippen molar-refractivity contribution in [2.75, 3.05) is 13.1 Å². The minimum atomic E-state index is -0.899. The Balaban J connectivity index is 2.18. The zero-order valence-corrected chi connectivity index (χ0v) is 10.5. The molecule has 2 atom stereocenters. The van der Waals surface area contributed by atoms with Gasteiger partial charge < -0.3 is 15.7 Å². The van der Waals surface area contributed by atoms with Gasteiger partial charge in [-0.3, -0.25) is 4.79 Å². The van der Waals surface area contributed by atoms with E-state index in [1.165, 1.54) is 13.0 Å². The molecule has 1 fully saturated rings. The minimum absolute atomic E-state index is 0.206. The second-order valence-corrected chi connectivity index (χ2v) is 4.69. The van der Waals surface area contributed by atoms with Crippen LogP contribution >= 0.6 is 0 Å². The first kappa shape index (κ1) is 13.9. The Morgan fingerprint density at radius 3 is 2.89 bits per heavy atom. The van der Waals surface area contributed by atoms with Crippen LogP contribution in [-0.2, 0) is 0 Å². The van der Waals surface area contributed by atoms with Crippen LogP contribution in [-0.4, -0.2) is 36.2 Å². The Bertz CT molecular complexity index is 494. The van der Waals surface area contributed by atoms with E-state index in [0.29, 0.717) is 19.5 Å². The van der Waals surface area contributed by atoms with E-state index in [4.69, 9.17) is 0 Å². The van der Waals surface area contributed by atoms with E-state index >= 15 is 0 Å². The Hall–Kier alpha value is -1.53. The number of rotatable bonds is 2. The third kappa shape index (κ3) is 2.90. The number of benzene rings is 1. The topological polar surface area (TPSA) is 61.4 Å². The van der Waals surface area contributed by atoms with Gasteiger partial charge >= 0.3 is 0 Å². The van der Waals surface area contributed by atoms with E-state index in [1.54, 1.807) is 0 Å². The number of carbonyl (C=O) groups excluding carboxylic acids is 1. The highest BCUT2D eigenvalue weighted by molar-refractivity contribution is 5.95. The van der Waals surface area contributed by atoms with Crippen LogP contribution in [0.4, 0.5) is 8.78 Å². The lowest BCUT2D eigenvalue weighted by atomic mass is 10.0. The van der Waals surface area contributed by atoms with Gasteiger partial charge in [-0.15, -0.1) is 0 Å². The van der Waals surface area contributed by atoms with Crippen LogP contribution in [0.5, 0.6) is 0 Å². The lowest BCUT2D eigenvalue weighted by Gasteiger charge is -2.29. The van der Waals surface area contributed by atoms with Crippen molar-refractivity contribution in [3.63, 3.8) is 0 Å². The number of aliphatic hydroxyl groups excluding tert-OH is 1. The zero-order valence-electron chi connectivity index (χ0n) is 10.5. The molecule has 1 saturated heterocycles. The van der Waals surface area contributed by atoms with Crippen molar-refractivity contribution in [2.24, 2.45) is 0 Å². The first-order valence-electron chi connectivity index (χ1n) is 6.15. The maximum Gasteiger partial charge on any atom is 0.257 e. The van der Waals surface area contributed by atoms with Gasteiger partial charge in [-0.1, -0.05) is 6.07 Å². The normalized spacial score (nSPS) is 23.2. The molecule has 2 unspecified atom stereocenters. The van der Waals surface area contributed by atoms with E-state index in [1.807, 2.05) is 0 Å². The number of amides is 1. The largest absolute Gasteiger partial charge is 0.390 e. The van der Waals surface area contributed by atoms with Crippen LogP contribution in [0.3, 0.4) is 0 Å². The first-order valence-corrected chi connectivity index (χ1v) is 6.15. The minimum Gasteiger partial charge on any atom is -0.390 e. The third-order valence-electron chi connectivity index (χ3n) is 3.28. The molecular weight excluding hydrogens is 254 g/mol. The molecule has 3 N–H and O–H groups in total. The van der Waals surface area contributed by atoms with Crippen molar-refractivity contribution in [3.05, 3.63) is 34.9 Å². The van der Waals surface area contributed by atoms with Gasteiger partial charge in [-0.05, 0) is 31.5 Å². The number of aryl methyl sites for hydroxylation is 1. The summed E-state index contributed by atoms with van der Waals surface area (Å²) in [4.78, 5) is 11.9. The summed E-state index contributed by atoms with van der Waals surface area (Å²) in [5.41, 5.74) is -0.386. The first-order chi connectivity index (χ1) is 9.00. The summed E-state index contributed by atoms with van der Waals surface area (Å²) in [5.74, 6) is -2.59. The Labute approximate surface area is 109 Å². The number of β-amino-alcohol motifs (C(OH)–C–C–N with tert-alkyl or cyclic N) is 1. The molecule has 1 aromatic rings. The summed E-state index contributed by atoms with van der Waals surface area (Å²) in [6.45, 7) is 2.45. The predicted octanol–water partition coefficient (Wildman–Crippen LogP) is 0.726. The molecule has 1 aliphatic rings. The van der Waals surface area contributed by atoms with Gasteiger partial charge in [0.05, 0.1) is 12.1 Å². The Kier molecular flexibility index (Phi) is 4.11. The van der Waals surface area contributed by atoms with E-state index in [9.17, 15) is 18.7 Å². The molecule has 0 aromatic heterocycles. The number of carbonyl (C=O) groups is 1. The monoisotopic (exact) mass is 270 g/mol. The third-order valence-corrected chi connectivity index (χ3v) is 3.28. The smallest absolute Gasteiger partial charge is 0.257 e. The van der Waals surface area contributed by atoms with Gasteiger partial charge in [-0.25, -0.2) is 8.78 Å². The van der Waals surface area contributed by atoms with Gasteiger partial charge in [-0.2, -0.15) is 0 Å². The molecule has 1 aliphatic heterocycles. The highest BCUT2D eigenvalue weighted by Gasteiger charge is 2.27. The highest BCUT2D eigenvalue weighted by atomic mass is 19.1. The SMILES string of the molecule is Cc1ccc(F)c(C(=O)NC2CCNCC2O)c1F. The summed E-state index contributed by atoms with van der Waals surface area (Å²) in [6, 6.07) is 1.85. The lowest BCUT2D eigenvalue weighted by molar-refractivity contribution is 0.0758. The zero-order chi connectivity index (χ0) is 14.0. The summed E-state index contributed by atoms with van der Waals surface area (Å²) in [5, 5.41) is 15.1. The standard InChI is InChI=1S/C13H16F2N2O2/c1-7-2-3-8(14)11(12(7)15)13(19)17-9-4-5-16-6-10(9)18/h2-3,9-10,16,18H,4-6H2,1H3,(H,17,19). The van der Waals surface area contributed by atoms with E-state index in [0.717, 1.165) is 6.07 Å². The maximum atomic E-state index is 13.8. The van der Waals surface area contributed by atoms with Gasteiger partial charge in [0.2, 0.25) is 0 Å². The molecule has 1 heterocycles. The molecule has 0 bridgehead atoms. The van der Waals surface area contributed by atoms with E-state index < -0.39 is 35.3 Å². The van der Waals surface area contributed by atoms with Crippen molar-refractivity contribution < 1.29 is 18.7 Å². The fourth-order valence-corrected chi connectivity index (χ4v) is 2.12. The number of halogens is 2. The van der Waals surface area contributed by atoms with Crippen molar-refractivity contribution in [2.45, 2.75) is 25.5 Å². The van der Waals surface area contributed by atoms with Crippen molar-refractivity contribution in [1.82, 2.24) is 10.6 Å². The second-order valence-electron chi connectivity index (χ2n) is 4.69. The molecule has 0 spiro atoms. The molecule has 1 amide bonds. The molecule has 4 nitrogen and oxygen atoms in total. The lowest BCUT2D eigenvalue weighted by Crippen LogP contribution is -2.52. The average Bonchev–Trinajstić information content (AvgIpc) is 2.37. The van der Waals surface area contributed by atoms with Crippen molar-refractivity contribution >= 4 is 5.91 Å². The van der Waals surface area contributed by atoms with Crippen LogP contribution < -0.4 is 10.6 Å². The van der Waals surface area contributed by atoms with Crippen LogP contribution in [0.1, 0.15) is 22.3 Å². The quantitative estimate of drug-likeness (QED) is 0.742. The molecule has 104 valence electrons. The maximum absolute atomic E-state index is 13.8. The van der Waals surface area contributed by atoms with E-state index in [2.05, 4.69) is 10.6 Å². The Morgan fingerprint density at radius 2 is 2.21 bits per heavy atom. The van der Waals surface area contributed by atoms with Crippen LogP contribution in [0.2, 0.25) is 0 Å². The molecule has 6 heteroatoms. The van der Waals surface area contributed by atoms with Gasteiger partial charge in [0, 0.05) is 6.54 Å². The van der Waals surface area contributed by atoms with E-state index in [-0.39, 0.29) is 5.56 Å². The number of hydrogen-bond donors (Lipinski definition) is 3. The molecule has 19 heavy (non-hydrogen) atoms. The molecule has 2 rings (SSSR count). The second kappa shape index (κ2) is 5.63. The summed E-state index contributed by atoms with van der Waals surface area (Å²) in [7, 11) is 0. The molecule has 0 radical (unpaired) electrons. The number of nitrogens with one attached hydrogen (secondary N) is 2. The molecular formula is C13H16F2N2O2. The van der Waals surface area contributed by atoms with Crippen molar-refractivity contribution in [3.8, 4) is 0 Å². The van der Waals surface area contributed by atoms with Crippen LogP contribution in [0.25, 0.3) is 0 Å². The van der Waals surface area contributed by atoms with Crippen LogP contribution in [0.15, 0.2) is 12.1 Å². The highest BCUT2D eigenvalue weighted by Crippen LogP contribution is 2.17. The summed E-state index contributed by atoms with van der Waals surface area (Å²) < 4.78 is 27.3. The number of aliphatic hydroxyl groups is 1. The average molecular weight is 270 g/mol. The molecule has 0 aliphatic carbocycles. The van der Waals surface area contributed by atoms with Crippen molar-refractivity contribution in [1.29, 1.82) is 0 Å². The predicted molar refractivity (Wildman–Crippen MR) is 65.8 cm³/mol. The van der Waals surface area contributed by atoms with Gasteiger partial charge in [0.25, 0.3) is 5.91 Å². The summed E-state index contributed by atoms with van der Waals surface area (Å²) >= 11 is 0. The fraction of sp³-hybridized carbons (Fsp3) is 0.462. The fourth-order valence-electron chi connectivity index (χ4n) is 2.12. The number of hydrogen-bond acceptors (Lipinski definition) is 3. The Morgan fingerprint density at radius 1 is 1.47 bits per heavy atom. The van der Waals surface area contributed by atoms with Crippen LogP contribution in [0, 0.1) is 18.6 Å². The molecule has 0 saturated carbocycles. The van der Waals surface area contributed by atoms with Gasteiger partial charge in [0.15, 0.2) is 0 Å². The number of piperidine rings is 1. The molecule has 1 aromatic carbocycles. The summed E-state index contributed by atoms with van der Waals surface area (Å²) in [6.07, 6.45) is -0.240.